The van der Waals surface area contributed by atoms with Crippen LogP contribution in [0.5, 0.6) is 0 Å². The molecule has 1 saturated heterocycles. The summed E-state index contributed by atoms with van der Waals surface area (Å²) in [6.07, 6.45) is 3.09. The maximum absolute atomic E-state index is 11.6. The Balaban J connectivity index is 0.00000420. The van der Waals surface area contributed by atoms with Crippen LogP contribution >= 0.6 is 24.0 Å². The standard InChI is InChI=1S/C20H34N4O3S.HI/c1-4-24(28(3,25)26)13-8-12-22-20(21-2)23-14-11-19(15-23)17-27-16-18-9-6-5-7-10-18;/h5-7,9-10,19H,4,8,11-17H2,1-3H3,(H,21,22);1H. The predicted molar refractivity (Wildman–Crippen MR) is 129 cm³/mol. The molecule has 1 aliphatic rings. The van der Waals surface area contributed by atoms with E-state index in [-0.39, 0.29) is 24.0 Å². The van der Waals surface area contributed by atoms with Crippen molar-refractivity contribution >= 4 is 40.0 Å². The Bertz CT molecular complexity index is 716. The first kappa shape index (κ1) is 26.1. The fraction of sp³-hybridized carbons (Fsp3) is 0.650. The molecule has 1 unspecified atom stereocenters. The topological polar surface area (TPSA) is 74.2 Å². The number of hydrogen-bond acceptors (Lipinski definition) is 4. The van der Waals surface area contributed by atoms with E-state index in [0.29, 0.717) is 32.2 Å². The molecule has 0 saturated carbocycles. The minimum absolute atomic E-state index is 0. The van der Waals surface area contributed by atoms with E-state index in [9.17, 15) is 8.42 Å². The minimum Gasteiger partial charge on any atom is -0.376 e. The Kier molecular flexibility index (Phi) is 12.1. The second-order valence-corrected chi connectivity index (χ2v) is 9.17. The van der Waals surface area contributed by atoms with Crippen molar-refractivity contribution in [3.63, 3.8) is 0 Å². The quantitative estimate of drug-likeness (QED) is 0.214. The van der Waals surface area contributed by atoms with Gasteiger partial charge in [-0.25, -0.2) is 12.7 Å². The van der Waals surface area contributed by atoms with Crippen molar-refractivity contribution in [1.82, 2.24) is 14.5 Å². The van der Waals surface area contributed by atoms with Gasteiger partial charge in [0.15, 0.2) is 5.96 Å². The van der Waals surface area contributed by atoms with E-state index in [2.05, 4.69) is 27.3 Å². The van der Waals surface area contributed by atoms with Gasteiger partial charge in [-0.3, -0.25) is 4.99 Å². The maximum Gasteiger partial charge on any atom is 0.211 e. The number of aliphatic imine (C=N–C) groups is 1. The van der Waals surface area contributed by atoms with Gasteiger partial charge in [0.05, 0.1) is 19.5 Å². The first-order valence-corrected chi connectivity index (χ1v) is 11.8. The number of nitrogens with zero attached hydrogens (tertiary/aromatic N) is 3. The Hall–Kier alpha value is -0.910. The van der Waals surface area contributed by atoms with Gasteiger partial charge in [-0.05, 0) is 18.4 Å². The molecule has 7 nitrogen and oxygen atoms in total. The molecule has 0 radical (unpaired) electrons. The molecule has 1 heterocycles. The van der Waals surface area contributed by atoms with Gasteiger partial charge in [0.25, 0.3) is 0 Å². The largest absolute Gasteiger partial charge is 0.376 e. The van der Waals surface area contributed by atoms with Gasteiger partial charge < -0.3 is 15.0 Å². The summed E-state index contributed by atoms with van der Waals surface area (Å²) in [5, 5.41) is 3.36. The van der Waals surface area contributed by atoms with E-state index >= 15 is 0 Å². The number of benzene rings is 1. The van der Waals surface area contributed by atoms with Crippen LogP contribution in [-0.2, 0) is 21.4 Å². The maximum atomic E-state index is 11.6. The molecule has 0 amide bonds. The zero-order valence-corrected chi connectivity index (χ0v) is 20.9. The number of rotatable bonds is 10. The van der Waals surface area contributed by atoms with Crippen LogP contribution in [0.2, 0.25) is 0 Å². The van der Waals surface area contributed by atoms with E-state index in [1.807, 2.05) is 25.1 Å². The van der Waals surface area contributed by atoms with E-state index in [0.717, 1.165) is 38.5 Å². The average molecular weight is 538 g/mol. The Labute approximate surface area is 193 Å². The number of ether oxygens (including phenoxy) is 1. The molecule has 0 aromatic heterocycles. The van der Waals surface area contributed by atoms with E-state index in [1.165, 1.54) is 16.1 Å². The van der Waals surface area contributed by atoms with Crippen LogP contribution in [-0.4, -0.2) is 76.2 Å². The van der Waals surface area contributed by atoms with Crippen LogP contribution in [0.4, 0.5) is 0 Å². The number of halogens is 1. The van der Waals surface area contributed by atoms with Crippen LogP contribution < -0.4 is 5.32 Å². The summed E-state index contributed by atoms with van der Waals surface area (Å²) >= 11 is 0. The highest BCUT2D eigenvalue weighted by Crippen LogP contribution is 2.17. The highest BCUT2D eigenvalue weighted by Gasteiger charge is 2.25. The molecule has 1 atom stereocenters. The second kappa shape index (κ2) is 13.4. The molecule has 0 spiro atoms. The summed E-state index contributed by atoms with van der Waals surface area (Å²) in [6.45, 7) is 6.88. The third kappa shape index (κ3) is 9.18. The Morgan fingerprint density at radius 2 is 2.07 bits per heavy atom. The van der Waals surface area contributed by atoms with Crippen molar-refractivity contribution in [1.29, 1.82) is 0 Å². The molecule has 29 heavy (non-hydrogen) atoms. The Morgan fingerprint density at radius 3 is 2.69 bits per heavy atom. The molecule has 1 aromatic carbocycles. The molecular weight excluding hydrogens is 503 g/mol. The number of likely N-dealkylation sites (tertiary alicyclic amines) is 1. The van der Waals surface area contributed by atoms with E-state index in [4.69, 9.17) is 4.74 Å². The SMILES string of the molecule is CCN(CCCNC(=NC)N1CCC(COCc2ccccc2)C1)S(C)(=O)=O.I. The van der Waals surface area contributed by atoms with E-state index < -0.39 is 10.0 Å². The zero-order valence-electron chi connectivity index (χ0n) is 17.7. The summed E-state index contributed by atoms with van der Waals surface area (Å²) in [6, 6.07) is 10.2. The predicted octanol–water partition coefficient (Wildman–Crippen LogP) is 2.39. The number of hydrogen-bond donors (Lipinski definition) is 1. The summed E-state index contributed by atoms with van der Waals surface area (Å²) in [4.78, 5) is 6.63. The highest BCUT2D eigenvalue weighted by molar-refractivity contribution is 14.0. The number of guanidine groups is 1. The van der Waals surface area contributed by atoms with Gasteiger partial charge in [-0.15, -0.1) is 24.0 Å². The molecule has 1 aromatic rings. The van der Waals surface area contributed by atoms with Gasteiger partial charge in [-0.2, -0.15) is 0 Å². The first-order chi connectivity index (χ1) is 13.4. The van der Waals surface area contributed by atoms with Crippen molar-refractivity contribution in [3.05, 3.63) is 35.9 Å². The van der Waals surface area contributed by atoms with Crippen molar-refractivity contribution in [3.8, 4) is 0 Å². The normalized spacial score (nSPS) is 17.4. The lowest BCUT2D eigenvalue weighted by Gasteiger charge is -2.23. The van der Waals surface area contributed by atoms with Crippen molar-refractivity contribution in [2.45, 2.75) is 26.4 Å². The van der Waals surface area contributed by atoms with Crippen LogP contribution in [0.25, 0.3) is 0 Å². The van der Waals surface area contributed by atoms with Crippen molar-refractivity contribution < 1.29 is 13.2 Å². The monoisotopic (exact) mass is 538 g/mol. The van der Waals surface area contributed by atoms with Gasteiger partial charge in [0, 0.05) is 45.7 Å². The van der Waals surface area contributed by atoms with Crippen LogP contribution in [0, 0.1) is 5.92 Å². The molecule has 166 valence electrons. The smallest absolute Gasteiger partial charge is 0.211 e. The lowest BCUT2D eigenvalue weighted by Crippen LogP contribution is -2.41. The third-order valence-electron chi connectivity index (χ3n) is 4.95. The zero-order chi connectivity index (χ0) is 20.4. The van der Waals surface area contributed by atoms with Gasteiger partial charge in [-0.1, -0.05) is 37.3 Å². The molecule has 0 bridgehead atoms. The minimum atomic E-state index is -3.12. The summed E-state index contributed by atoms with van der Waals surface area (Å²) in [5.74, 6) is 1.39. The van der Waals surface area contributed by atoms with E-state index in [1.54, 1.807) is 7.05 Å². The molecule has 1 fully saturated rings. The van der Waals surface area contributed by atoms with Crippen LogP contribution in [0.15, 0.2) is 35.3 Å². The lowest BCUT2D eigenvalue weighted by atomic mass is 10.1. The van der Waals surface area contributed by atoms with Crippen LogP contribution in [0.3, 0.4) is 0 Å². The molecule has 9 heteroatoms. The van der Waals surface area contributed by atoms with Gasteiger partial charge in [0.2, 0.25) is 10.0 Å². The fourth-order valence-electron chi connectivity index (χ4n) is 3.43. The summed E-state index contributed by atoms with van der Waals surface area (Å²) in [7, 11) is -1.33. The molecule has 2 rings (SSSR count). The molecule has 1 N–H and O–H groups in total. The number of nitrogens with one attached hydrogen (secondary N) is 1. The molecule has 1 aliphatic heterocycles. The Morgan fingerprint density at radius 1 is 1.34 bits per heavy atom. The number of sulfonamides is 1. The molecular formula is C20H35IN4O3S. The second-order valence-electron chi connectivity index (χ2n) is 7.18. The highest BCUT2D eigenvalue weighted by atomic mass is 127. The fourth-order valence-corrected chi connectivity index (χ4v) is 4.35. The summed E-state index contributed by atoms with van der Waals surface area (Å²) in [5.41, 5.74) is 1.20. The van der Waals surface area contributed by atoms with Crippen LogP contribution in [0.1, 0.15) is 25.3 Å². The average Bonchev–Trinajstić information content (AvgIpc) is 3.13. The third-order valence-corrected chi connectivity index (χ3v) is 6.33. The van der Waals surface area contributed by atoms with Crippen molar-refractivity contribution in [2.24, 2.45) is 10.9 Å². The first-order valence-electron chi connectivity index (χ1n) is 9.96. The van der Waals surface area contributed by atoms with Gasteiger partial charge >= 0.3 is 0 Å². The van der Waals surface area contributed by atoms with Crippen molar-refractivity contribution in [2.75, 3.05) is 52.6 Å². The lowest BCUT2D eigenvalue weighted by molar-refractivity contribution is 0.0907. The molecule has 0 aliphatic carbocycles. The summed E-state index contributed by atoms with van der Waals surface area (Å²) < 4.78 is 30.6. The van der Waals surface area contributed by atoms with Gasteiger partial charge in [0.1, 0.15) is 0 Å².